The number of hydrogen-bond donors (Lipinski definition) is 1. The highest BCUT2D eigenvalue weighted by atomic mass is 16.5. The van der Waals surface area contributed by atoms with Crippen molar-refractivity contribution in [2.45, 2.75) is 38.6 Å². The molecule has 2 bridgehead atoms. The SMILES string of the molecule is CCOC(=O)C[C@@H]1C2CCC(C2)C1Nc1nc(-c2cncnc2)nc2cccc(-c3ccccc3)c12. The molecule has 0 saturated heterocycles. The van der Waals surface area contributed by atoms with Crippen LogP contribution < -0.4 is 5.32 Å². The molecule has 2 aromatic carbocycles. The summed E-state index contributed by atoms with van der Waals surface area (Å²) >= 11 is 0. The minimum absolute atomic E-state index is 0.110. The van der Waals surface area contributed by atoms with Gasteiger partial charge in [-0.05, 0) is 61.1 Å². The van der Waals surface area contributed by atoms with Crippen molar-refractivity contribution in [2.75, 3.05) is 11.9 Å². The van der Waals surface area contributed by atoms with Crippen molar-refractivity contribution in [3.63, 3.8) is 0 Å². The van der Waals surface area contributed by atoms with Gasteiger partial charge in [0.1, 0.15) is 12.1 Å². The summed E-state index contributed by atoms with van der Waals surface area (Å²) in [4.78, 5) is 30.8. The van der Waals surface area contributed by atoms with Gasteiger partial charge < -0.3 is 10.1 Å². The molecule has 0 radical (unpaired) electrons. The molecule has 2 fully saturated rings. The standard InChI is InChI=1S/C29H29N5O2/c1-2-36-25(35)14-23-19-11-12-20(13-19)27(23)33-29-26-22(18-7-4-3-5-8-18)9-6-10-24(26)32-28(34-29)21-15-30-17-31-16-21/h3-10,15-17,19-20,23,27H,2,11-14H2,1H3,(H,32,33,34)/t19?,20?,23-,27?/m1/s1. The predicted molar refractivity (Wildman–Crippen MR) is 139 cm³/mol. The van der Waals surface area contributed by atoms with Gasteiger partial charge in [0.05, 0.1) is 29.5 Å². The monoisotopic (exact) mass is 479 g/mol. The Morgan fingerprint density at radius 2 is 1.78 bits per heavy atom. The molecule has 0 aliphatic heterocycles. The van der Waals surface area contributed by atoms with Gasteiger partial charge in [-0.2, -0.15) is 0 Å². The van der Waals surface area contributed by atoms with E-state index in [4.69, 9.17) is 14.7 Å². The van der Waals surface area contributed by atoms with Gasteiger partial charge in [0, 0.05) is 18.4 Å². The molecule has 4 aromatic rings. The number of ether oxygens (including phenoxy) is 1. The summed E-state index contributed by atoms with van der Waals surface area (Å²) < 4.78 is 5.33. The van der Waals surface area contributed by atoms with Crippen molar-refractivity contribution >= 4 is 22.7 Å². The molecular weight excluding hydrogens is 450 g/mol. The van der Waals surface area contributed by atoms with Gasteiger partial charge in [0.25, 0.3) is 0 Å². The first-order chi connectivity index (χ1) is 17.7. The van der Waals surface area contributed by atoms with E-state index in [9.17, 15) is 4.79 Å². The first-order valence-electron chi connectivity index (χ1n) is 12.7. The molecule has 0 amide bonds. The summed E-state index contributed by atoms with van der Waals surface area (Å²) in [5, 5.41) is 4.82. The maximum absolute atomic E-state index is 12.5. The van der Waals surface area contributed by atoms with Crippen LogP contribution in [-0.2, 0) is 9.53 Å². The Morgan fingerprint density at radius 3 is 2.58 bits per heavy atom. The summed E-state index contributed by atoms with van der Waals surface area (Å²) in [6.45, 7) is 2.28. The maximum Gasteiger partial charge on any atom is 0.306 e. The Morgan fingerprint density at radius 1 is 0.972 bits per heavy atom. The first-order valence-corrected chi connectivity index (χ1v) is 12.7. The van der Waals surface area contributed by atoms with E-state index in [0.717, 1.165) is 39.8 Å². The van der Waals surface area contributed by atoms with E-state index < -0.39 is 0 Å². The van der Waals surface area contributed by atoms with Crippen LogP contribution in [0.4, 0.5) is 5.82 Å². The van der Waals surface area contributed by atoms with E-state index in [-0.39, 0.29) is 17.9 Å². The van der Waals surface area contributed by atoms with Crippen molar-refractivity contribution in [1.29, 1.82) is 0 Å². The van der Waals surface area contributed by atoms with Crippen LogP contribution in [0.5, 0.6) is 0 Å². The number of nitrogens with one attached hydrogen (secondary N) is 1. The number of hydrogen-bond acceptors (Lipinski definition) is 7. The topological polar surface area (TPSA) is 89.9 Å². The second kappa shape index (κ2) is 9.64. The van der Waals surface area contributed by atoms with Crippen LogP contribution in [0.15, 0.2) is 67.3 Å². The van der Waals surface area contributed by atoms with Gasteiger partial charge in [-0.1, -0.05) is 42.5 Å². The van der Waals surface area contributed by atoms with Crippen molar-refractivity contribution in [2.24, 2.45) is 17.8 Å². The molecule has 0 spiro atoms. The summed E-state index contributed by atoms with van der Waals surface area (Å²) in [7, 11) is 0. The number of benzene rings is 2. The summed E-state index contributed by atoms with van der Waals surface area (Å²) in [5.41, 5.74) is 3.82. The number of esters is 1. The zero-order valence-electron chi connectivity index (χ0n) is 20.3. The van der Waals surface area contributed by atoms with E-state index >= 15 is 0 Å². The van der Waals surface area contributed by atoms with Gasteiger partial charge in [0.2, 0.25) is 0 Å². The molecule has 182 valence electrons. The lowest BCUT2D eigenvalue weighted by molar-refractivity contribution is -0.144. The highest BCUT2D eigenvalue weighted by Gasteiger charge is 2.48. The average Bonchev–Trinajstić information content (AvgIpc) is 3.52. The third-order valence-corrected chi connectivity index (χ3v) is 7.73. The van der Waals surface area contributed by atoms with Crippen LogP contribution in [0.1, 0.15) is 32.6 Å². The fraction of sp³-hybridized carbons (Fsp3) is 0.345. The minimum Gasteiger partial charge on any atom is -0.466 e. The summed E-state index contributed by atoms with van der Waals surface area (Å²) in [5.74, 6) is 2.57. The fourth-order valence-electron chi connectivity index (χ4n) is 6.19. The van der Waals surface area contributed by atoms with Crippen LogP contribution in [0.2, 0.25) is 0 Å². The quantitative estimate of drug-likeness (QED) is 0.348. The van der Waals surface area contributed by atoms with Crippen LogP contribution in [0.3, 0.4) is 0 Å². The third-order valence-electron chi connectivity index (χ3n) is 7.73. The van der Waals surface area contributed by atoms with Gasteiger partial charge in [0.15, 0.2) is 5.82 Å². The van der Waals surface area contributed by atoms with Gasteiger partial charge >= 0.3 is 5.97 Å². The van der Waals surface area contributed by atoms with E-state index in [1.165, 1.54) is 19.2 Å². The number of carbonyl (C=O) groups is 1. The van der Waals surface area contributed by atoms with Crippen molar-refractivity contribution in [1.82, 2.24) is 19.9 Å². The lowest BCUT2D eigenvalue weighted by Crippen LogP contribution is -2.36. The van der Waals surface area contributed by atoms with Gasteiger partial charge in [-0.3, -0.25) is 4.79 Å². The lowest BCUT2D eigenvalue weighted by Gasteiger charge is -2.32. The predicted octanol–water partition coefficient (Wildman–Crippen LogP) is 5.53. The normalized spacial score (nSPS) is 22.6. The van der Waals surface area contributed by atoms with E-state index in [2.05, 4.69) is 33.5 Å². The Hall–Kier alpha value is -3.87. The van der Waals surface area contributed by atoms with Gasteiger partial charge in [-0.25, -0.2) is 19.9 Å². The van der Waals surface area contributed by atoms with Crippen LogP contribution in [0, 0.1) is 17.8 Å². The first kappa shape index (κ1) is 22.6. The number of aromatic nitrogens is 4. The molecule has 7 heteroatoms. The number of fused-ring (bicyclic) bond motifs is 3. The lowest BCUT2D eigenvalue weighted by atomic mass is 9.82. The smallest absolute Gasteiger partial charge is 0.306 e. The molecular formula is C29H29N5O2. The molecule has 4 atom stereocenters. The molecule has 7 nitrogen and oxygen atoms in total. The minimum atomic E-state index is -0.110. The van der Waals surface area contributed by atoms with Gasteiger partial charge in [-0.15, -0.1) is 0 Å². The second-order valence-corrected chi connectivity index (χ2v) is 9.77. The highest BCUT2D eigenvalue weighted by molar-refractivity contribution is 6.02. The number of anilines is 1. The molecule has 2 aliphatic rings. The Balaban J connectivity index is 1.47. The number of rotatable bonds is 7. The number of carbonyl (C=O) groups excluding carboxylic acids is 1. The van der Waals surface area contributed by atoms with Crippen molar-refractivity contribution in [3.8, 4) is 22.5 Å². The summed E-state index contributed by atoms with van der Waals surface area (Å²) in [6, 6.07) is 16.7. The average molecular weight is 480 g/mol. The zero-order valence-corrected chi connectivity index (χ0v) is 20.3. The van der Waals surface area contributed by atoms with Crippen LogP contribution in [-0.4, -0.2) is 38.6 Å². The maximum atomic E-state index is 12.5. The van der Waals surface area contributed by atoms with E-state index in [1.54, 1.807) is 12.4 Å². The fourth-order valence-corrected chi connectivity index (χ4v) is 6.19. The highest BCUT2D eigenvalue weighted by Crippen LogP contribution is 2.51. The largest absolute Gasteiger partial charge is 0.466 e. The van der Waals surface area contributed by atoms with Crippen LogP contribution in [0.25, 0.3) is 33.4 Å². The summed E-state index contributed by atoms with van der Waals surface area (Å²) in [6.07, 6.45) is 8.93. The third kappa shape index (κ3) is 4.19. The number of nitrogens with zero attached hydrogens (tertiary/aromatic N) is 4. The second-order valence-electron chi connectivity index (χ2n) is 9.77. The molecule has 6 rings (SSSR count). The van der Waals surface area contributed by atoms with E-state index in [0.29, 0.717) is 30.7 Å². The Kier molecular flexibility index (Phi) is 6.05. The van der Waals surface area contributed by atoms with Crippen LogP contribution >= 0.6 is 0 Å². The van der Waals surface area contributed by atoms with Crippen molar-refractivity contribution < 1.29 is 9.53 Å². The molecule has 2 saturated carbocycles. The Labute approximate surface area is 210 Å². The molecule has 2 aliphatic carbocycles. The molecule has 3 unspecified atom stereocenters. The van der Waals surface area contributed by atoms with Crippen molar-refractivity contribution in [3.05, 3.63) is 67.3 Å². The Bertz CT molecular complexity index is 1380. The molecule has 1 N–H and O–H groups in total. The molecule has 2 heterocycles. The molecule has 36 heavy (non-hydrogen) atoms. The molecule has 2 aromatic heterocycles. The van der Waals surface area contributed by atoms with E-state index in [1.807, 2.05) is 37.3 Å². The zero-order chi connectivity index (χ0) is 24.5.